The summed E-state index contributed by atoms with van der Waals surface area (Å²) >= 11 is 5.52. The van der Waals surface area contributed by atoms with E-state index in [0.717, 1.165) is 12.1 Å². The Morgan fingerprint density at radius 1 is 1.17 bits per heavy atom. The van der Waals surface area contributed by atoms with Crippen molar-refractivity contribution in [3.05, 3.63) is 52.6 Å². The Labute approximate surface area is 174 Å². The fourth-order valence-corrected chi connectivity index (χ4v) is 4.37. The molecule has 1 fully saturated rings. The van der Waals surface area contributed by atoms with Crippen molar-refractivity contribution < 1.29 is 35.1 Å². The van der Waals surface area contributed by atoms with Crippen molar-refractivity contribution in [2.75, 3.05) is 24.9 Å². The Kier molecular flexibility index (Phi) is 6.17. The topological polar surface area (TPSA) is 58.6 Å². The second-order valence-corrected chi connectivity index (χ2v) is 8.86. The Balaban J connectivity index is 1.94. The van der Waals surface area contributed by atoms with Gasteiger partial charge in [0, 0.05) is 25.2 Å². The number of benzene rings is 2. The highest BCUT2D eigenvalue weighted by Crippen LogP contribution is 2.39. The zero-order valence-corrected chi connectivity index (χ0v) is 17.0. The van der Waals surface area contributed by atoms with Crippen molar-refractivity contribution >= 4 is 27.3 Å². The first-order valence-electron chi connectivity index (χ1n) is 8.60. The van der Waals surface area contributed by atoms with Crippen LogP contribution in [0.5, 0.6) is 5.75 Å². The molecule has 0 unspecified atom stereocenters. The van der Waals surface area contributed by atoms with Crippen LogP contribution >= 0.6 is 11.6 Å². The standard InChI is InChI=1S/C18H16ClF5N2O3S/c1-26-5-4-11(9-26)29-16-6-10(2-3-12(16)18(22,23)24)25-30(27,28)17-7-13(19)14(20)8-15(17)21/h2-3,6-8,11,25H,4-5,9H2,1H3/t11-/m1/s1. The summed E-state index contributed by atoms with van der Waals surface area (Å²) in [6, 6.07) is 3.29. The van der Waals surface area contributed by atoms with Gasteiger partial charge in [-0.25, -0.2) is 17.2 Å². The zero-order valence-electron chi connectivity index (χ0n) is 15.4. The van der Waals surface area contributed by atoms with Gasteiger partial charge in [0.25, 0.3) is 10.0 Å². The number of rotatable bonds is 5. The van der Waals surface area contributed by atoms with Crippen LogP contribution in [-0.2, 0) is 16.2 Å². The van der Waals surface area contributed by atoms with Gasteiger partial charge in [-0.1, -0.05) is 11.6 Å². The molecule has 1 atom stereocenters. The molecule has 0 bridgehead atoms. The number of nitrogens with zero attached hydrogens (tertiary/aromatic N) is 1. The molecule has 1 N–H and O–H groups in total. The van der Waals surface area contributed by atoms with Crippen LogP contribution in [0.15, 0.2) is 35.2 Å². The van der Waals surface area contributed by atoms with Crippen molar-refractivity contribution in [3.63, 3.8) is 0 Å². The molecule has 164 valence electrons. The van der Waals surface area contributed by atoms with Gasteiger partial charge in [0.05, 0.1) is 16.3 Å². The van der Waals surface area contributed by atoms with Gasteiger partial charge in [-0.3, -0.25) is 4.72 Å². The average Bonchev–Trinajstić information content (AvgIpc) is 3.01. The lowest BCUT2D eigenvalue weighted by Gasteiger charge is -2.19. The first kappa shape index (κ1) is 22.6. The summed E-state index contributed by atoms with van der Waals surface area (Å²) in [7, 11) is -2.81. The number of hydrogen-bond donors (Lipinski definition) is 1. The molecule has 1 heterocycles. The molecule has 1 aliphatic heterocycles. The number of anilines is 1. The van der Waals surface area contributed by atoms with Gasteiger partial charge in [-0.05, 0) is 31.7 Å². The Hall–Kier alpha value is -2.11. The average molecular weight is 471 g/mol. The summed E-state index contributed by atoms with van der Waals surface area (Å²) < 4.78 is 99.6. The molecule has 30 heavy (non-hydrogen) atoms. The minimum absolute atomic E-state index is 0.288. The molecular formula is C18H16ClF5N2O3S. The third-order valence-corrected chi connectivity index (χ3v) is 6.13. The van der Waals surface area contributed by atoms with Crippen LogP contribution < -0.4 is 9.46 Å². The fourth-order valence-electron chi connectivity index (χ4n) is 3.01. The number of halogens is 6. The summed E-state index contributed by atoms with van der Waals surface area (Å²) in [4.78, 5) is 0.930. The maximum absolute atomic E-state index is 13.9. The SMILES string of the molecule is CN1CC[C@@H](Oc2cc(NS(=O)(=O)c3cc(Cl)c(F)cc3F)ccc2C(F)(F)F)C1. The van der Waals surface area contributed by atoms with Gasteiger partial charge in [0.15, 0.2) is 0 Å². The van der Waals surface area contributed by atoms with Crippen LogP contribution in [0.2, 0.25) is 5.02 Å². The molecular weight excluding hydrogens is 455 g/mol. The third-order valence-electron chi connectivity index (χ3n) is 4.45. The first-order valence-corrected chi connectivity index (χ1v) is 10.5. The van der Waals surface area contributed by atoms with Crippen LogP contribution in [0.3, 0.4) is 0 Å². The highest BCUT2D eigenvalue weighted by atomic mass is 35.5. The first-order chi connectivity index (χ1) is 13.9. The summed E-state index contributed by atoms with van der Waals surface area (Å²) in [6.45, 7) is 1.05. The van der Waals surface area contributed by atoms with Gasteiger partial charge in [-0.15, -0.1) is 0 Å². The van der Waals surface area contributed by atoms with E-state index in [9.17, 15) is 30.4 Å². The summed E-state index contributed by atoms with van der Waals surface area (Å²) in [5.41, 5.74) is -1.36. The maximum atomic E-state index is 13.9. The molecule has 1 saturated heterocycles. The zero-order chi connectivity index (χ0) is 22.3. The van der Waals surface area contributed by atoms with Crippen LogP contribution in [0, 0.1) is 11.6 Å². The van der Waals surface area contributed by atoms with E-state index in [4.69, 9.17) is 16.3 Å². The van der Waals surface area contributed by atoms with Gasteiger partial charge >= 0.3 is 6.18 Å². The molecule has 2 aromatic rings. The van der Waals surface area contributed by atoms with Gasteiger partial charge < -0.3 is 9.64 Å². The molecule has 0 radical (unpaired) electrons. The van der Waals surface area contributed by atoms with E-state index in [2.05, 4.69) is 0 Å². The second kappa shape index (κ2) is 8.20. The quantitative estimate of drug-likeness (QED) is 0.515. The van der Waals surface area contributed by atoms with E-state index in [-0.39, 0.29) is 5.69 Å². The van der Waals surface area contributed by atoms with E-state index in [1.165, 1.54) is 0 Å². The normalized spacial score (nSPS) is 17.9. The van der Waals surface area contributed by atoms with E-state index in [0.29, 0.717) is 37.7 Å². The predicted molar refractivity (Wildman–Crippen MR) is 100 cm³/mol. The molecule has 0 spiro atoms. The number of ether oxygens (including phenoxy) is 1. The van der Waals surface area contributed by atoms with Crippen LogP contribution in [-0.4, -0.2) is 39.6 Å². The molecule has 0 amide bonds. The number of sulfonamides is 1. The number of hydrogen-bond acceptors (Lipinski definition) is 4. The lowest BCUT2D eigenvalue weighted by molar-refractivity contribution is -0.139. The number of alkyl halides is 3. The van der Waals surface area contributed by atoms with Crippen molar-refractivity contribution in [3.8, 4) is 5.75 Å². The van der Waals surface area contributed by atoms with Crippen molar-refractivity contribution in [1.82, 2.24) is 4.90 Å². The van der Waals surface area contributed by atoms with Gasteiger partial charge in [-0.2, -0.15) is 13.2 Å². The molecule has 2 aromatic carbocycles. The minimum atomic E-state index is -4.73. The number of likely N-dealkylation sites (tertiary alicyclic amines) is 1. The summed E-state index contributed by atoms with van der Waals surface area (Å²) in [6.07, 6.45) is -4.73. The molecule has 0 saturated carbocycles. The highest BCUT2D eigenvalue weighted by molar-refractivity contribution is 7.92. The van der Waals surface area contributed by atoms with Crippen molar-refractivity contribution in [2.24, 2.45) is 0 Å². The molecule has 0 aliphatic carbocycles. The second-order valence-electron chi connectivity index (χ2n) is 6.80. The monoisotopic (exact) mass is 470 g/mol. The lowest BCUT2D eigenvalue weighted by atomic mass is 10.1. The minimum Gasteiger partial charge on any atom is -0.488 e. The largest absolute Gasteiger partial charge is 0.488 e. The van der Waals surface area contributed by atoms with Crippen LogP contribution in [0.25, 0.3) is 0 Å². The van der Waals surface area contributed by atoms with E-state index in [1.807, 2.05) is 9.62 Å². The van der Waals surface area contributed by atoms with Crippen LogP contribution in [0.4, 0.5) is 27.6 Å². The Morgan fingerprint density at radius 3 is 2.47 bits per heavy atom. The van der Waals surface area contributed by atoms with Crippen molar-refractivity contribution in [2.45, 2.75) is 23.6 Å². The number of likely N-dealkylation sites (N-methyl/N-ethyl adjacent to an activating group) is 1. The lowest BCUT2D eigenvalue weighted by Crippen LogP contribution is -2.23. The molecule has 3 rings (SSSR count). The maximum Gasteiger partial charge on any atom is 0.419 e. The summed E-state index contributed by atoms with van der Waals surface area (Å²) in [5, 5.41) is -0.626. The van der Waals surface area contributed by atoms with E-state index >= 15 is 0 Å². The molecule has 5 nitrogen and oxygen atoms in total. The molecule has 0 aromatic heterocycles. The highest BCUT2D eigenvalue weighted by Gasteiger charge is 2.36. The summed E-state index contributed by atoms with van der Waals surface area (Å²) in [5.74, 6) is -3.11. The predicted octanol–water partition coefficient (Wildman–Crippen LogP) is 4.52. The van der Waals surface area contributed by atoms with Gasteiger partial charge in [0.2, 0.25) is 0 Å². The fraction of sp³-hybridized carbons (Fsp3) is 0.333. The molecule has 1 aliphatic rings. The smallest absolute Gasteiger partial charge is 0.419 e. The van der Waals surface area contributed by atoms with E-state index < -0.39 is 55.2 Å². The van der Waals surface area contributed by atoms with Crippen molar-refractivity contribution in [1.29, 1.82) is 0 Å². The Bertz CT molecular complexity index is 1060. The third kappa shape index (κ3) is 4.96. The Morgan fingerprint density at radius 2 is 1.87 bits per heavy atom. The van der Waals surface area contributed by atoms with Gasteiger partial charge in [0.1, 0.15) is 28.4 Å². The number of nitrogens with one attached hydrogen (secondary N) is 1. The van der Waals surface area contributed by atoms with E-state index in [1.54, 1.807) is 7.05 Å². The van der Waals surface area contributed by atoms with Crippen LogP contribution in [0.1, 0.15) is 12.0 Å². The molecule has 12 heteroatoms.